The van der Waals surface area contributed by atoms with Crippen molar-refractivity contribution in [2.75, 3.05) is 11.9 Å². The van der Waals surface area contributed by atoms with Crippen LogP contribution in [0.4, 0.5) is 10.6 Å². The molecule has 0 spiro atoms. The summed E-state index contributed by atoms with van der Waals surface area (Å²) in [4.78, 5) is 28.6. The normalized spacial score (nSPS) is 10.3. The number of urea groups is 1. The van der Waals surface area contributed by atoms with Crippen molar-refractivity contribution in [1.82, 2.24) is 10.3 Å². The molecule has 0 saturated heterocycles. The fourth-order valence-corrected chi connectivity index (χ4v) is 2.48. The Labute approximate surface area is 154 Å². The van der Waals surface area contributed by atoms with Crippen LogP contribution in [0.1, 0.15) is 46.9 Å². The summed E-state index contributed by atoms with van der Waals surface area (Å²) in [6.45, 7) is 8.38. The van der Waals surface area contributed by atoms with Gasteiger partial charge in [-0.25, -0.2) is 9.78 Å². The number of anilines is 1. The van der Waals surface area contributed by atoms with Gasteiger partial charge in [-0.2, -0.15) is 0 Å². The Bertz CT molecular complexity index is 789. The highest BCUT2D eigenvalue weighted by Crippen LogP contribution is 2.29. The first-order valence-electron chi connectivity index (χ1n) is 8.72. The van der Waals surface area contributed by atoms with E-state index in [0.29, 0.717) is 23.7 Å². The van der Waals surface area contributed by atoms with E-state index in [1.807, 2.05) is 20.8 Å². The molecule has 2 N–H and O–H groups in total. The summed E-state index contributed by atoms with van der Waals surface area (Å²) >= 11 is 0. The number of aryl methyl sites for hydroxylation is 1. The van der Waals surface area contributed by atoms with Crippen LogP contribution in [0.2, 0.25) is 0 Å². The van der Waals surface area contributed by atoms with Gasteiger partial charge in [0.25, 0.3) is 5.91 Å². The summed E-state index contributed by atoms with van der Waals surface area (Å²) in [7, 11) is 0. The van der Waals surface area contributed by atoms with Crippen molar-refractivity contribution in [2.45, 2.75) is 40.5 Å². The van der Waals surface area contributed by atoms with Gasteiger partial charge in [-0.15, -0.1) is 0 Å². The predicted molar refractivity (Wildman–Crippen MR) is 102 cm³/mol. The summed E-state index contributed by atoms with van der Waals surface area (Å²) < 4.78 is 5.83. The van der Waals surface area contributed by atoms with Crippen molar-refractivity contribution in [2.24, 2.45) is 0 Å². The fraction of sp³-hybridized carbons (Fsp3) is 0.350. The molecule has 0 aliphatic rings. The summed E-state index contributed by atoms with van der Waals surface area (Å²) in [5.41, 5.74) is 2.86. The molecule has 1 aromatic heterocycles. The molecule has 1 aromatic carbocycles. The number of hydrogen-bond acceptors (Lipinski definition) is 4. The van der Waals surface area contributed by atoms with Gasteiger partial charge in [-0.1, -0.05) is 31.5 Å². The number of pyridine rings is 1. The molecule has 0 unspecified atom stereocenters. The highest BCUT2D eigenvalue weighted by atomic mass is 16.5. The van der Waals surface area contributed by atoms with Gasteiger partial charge in [0.05, 0.1) is 12.3 Å². The smallest absolute Gasteiger partial charge is 0.327 e. The molecule has 3 amide bonds. The van der Waals surface area contributed by atoms with Gasteiger partial charge in [0.1, 0.15) is 11.6 Å². The first-order chi connectivity index (χ1) is 12.4. The number of ether oxygens (including phenoxy) is 1. The summed E-state index contributed by atoms with van der Waals surface area (Å²) in [5.74, 6) is 0.706. The molecule has 1 heterocycles. The largest absolute Gasteiger partial charge is 0.491 e. The van der Waals surface area contributed by atoms with E-state index < -0.39 is 11.9 Å². The predicted octanol–water partition coefficient (Wildman–Crippen LogP) is 4.15. The number of nitrogens with one attached hydrogen (secondary N) is 2. The third-order valence-corrected chi connectivity index (χ3v) is 4.11. The summed E-state index contributed by atoms with van der Waals surface area (Å²) in [5, 5.41) is 4.96. The zero-order valence-corrected chi connectivity index (χ0v) is 15.7. The van der Waals surface area contributed by atoms with Gasteiger partial charge >= 0.3 is 6.03 Å². The second kappa shape index (κ2) is 8.99. The fourth-order valence-electron chi connectivity index (χ4n) is 2.48. The highest BCUT2D eigenvalue weighted by Gasteiger charge is 2.16. The first kappa shape index (κ1) is 19.4. The van der Waals surface area contributed by atoms with Crippen LogP contribution in [0, 0.1) is 20.8 Å². The molecule has 0 bridgehead atoms. The Morgan fingerprint density at radius 2 is 1.77 bits per heavy atom. The highest BCUT2D eigenvalue weighted by molar-refractivity contribution is 6.07. The number of unbranched alkanes of at least 4 members (excludes halogenated alkanes) is 1. The van der Waals surface area contributed by atoms with Crippen LogP contribution in [0.25, 0.3) is 0 Å². The standard InChI is InChI=1S/C20H25N3O3/c1-5-6-12-26-17-13(2)14(3)18(21-15(17)4)22-20(25)23-19(24)16-10-8-7-9-11-16/h7-11H,5-6,12H2,1-4H3,(H2,21,22,23,24,25). The molecular formula is C20H25N3O3. The van der Waals surface area contributed by atoms with E-state index in [-0.39, 0.29) is 0 Å². The third kappa shape index (κ3) is 4.81. The van der Waals surface area contributed by atoms with E-state index in [9.17, 15) is 9.59 Å². The average Bonchev–Trinajstić information content (AvgIpc) is 2.63. The van der Waals surface area contributed by atoms with Crippen molar-refractivity contribution in [3.63, 3.8) is 0 Å². The second-order valence-electron chi connectivity index (χ2n) is 6.10. The number of aromatic nitrogens is 1. The molecule has 0 aliphatic heterocycles. The van der Waals surface area contributed by atoms with E-state index in [4.69, 9.17) is 4.74 Å². The quantitative estimate of drug-likeness (QED) is 0.763. The molecule has 2 aromatic rings. The van der Waals surface area contributed by atoms with Gasteiger partial charge in [-0.3, -0.25) is 15.4 Å². The third-order valence-electron chi connectivity index (χ3n) is 4.11. The number of rotatable bonds is 6. The van der Waals surface area contributed by atoms with Crippen LogP contribution in [-0.4, -0.2) is 23.5 Å². The van der Waals surface area contributed by atoms with E-state index in [0.717, 1.165) is 29.7 Å². The minimum absolute atomic E-state index is 0.416. The minimum Gasteiger partial charge on any atom is -0.491 e. The SMILES string of the molecule is CCCCOc1c(C)nc(NC(=O)NC(=O)c2ccccc2)c(C)c1C. The summed E-state index contributed by atoms with van der Waals surface area (Å²) in [6.07, 6.45) is 2.03. The Morgan fingerprint density at radius 3 is 2.42 bits per heavy atom. The lowest BCUT2D eigenvalue weighted by atomic mass is 10.1. The van der Waals surface area contributed by atoms with Gasteiger partial charge < -0.3 is 4.74 Å². The number of benzene rings is 1. The first-order valence-corrected chi connectivity index (χ1v) is 8.72. The Hall–Kier alpha value is -2.89. The van der Waals surface area contributed by atoms with Crippen LogP contribution in [0.3, 0.4) is 0 Å². The van der Waals surface area contributed by atoms with Crippen LogP contribution in [0.5, 0.6) is 5.75 Å². The number of carbonyl (C=O) groups is 2. The maximum atomic E-state index is 12.2. The Morgan fingerprint density at radius 1 is 1.08 bits per heavy atom. The molecule has 138 valence electrons. The van der Waals surface area contributed by atoms with Gasteiger partial charge in [0.15, 0.2) is 0 Å². The van der Waals surface area contributed by atoms with Crippen molar-refractivity contribution in [3.05, 3.63) is 52.7 Å². The van der Waals surface area contributed by atoms with Crippen molar-refractivity contribution < 1.29 is 14.3 Å². The molecular weight excluding hydrogens is 330 g/mol. The maximum Gasteiger partial charge on any atom is 0.327 e. The van der Waals surface area contributed by atoms with E-state index in [1.54, 1.807) is 30.3 Å². The topological polar surface area (TPSA) is 80.3 Å². The van der Waals surface area contributed by atoms with E-state index in [2.05, 4.69) is 22.5 Å². The molecule has 6 nitrogen and oxygen atoms in total. The number of carbonyl (C=O) groups excluding carboxylic acids is 2. The van der Waals surface area contributed by atoms with Gasteiger partial charge in [0.2, 0.25) is 0 Å². The molecule has 0 radical (unpaired) electrons. The molecule has 0 atom stereocenters. The molecule has 0 aliphatic carbocycles. The average molecular weight is 355 g/mol. The number of amides is 3. The zero-order chi connectivity index (χ0) is 19.1. The van der Waals surface area contributed by atoms with E-state index in [1.165, 1.54) is 0 Å². The lowest BCUT2D eigenvalue weighted by molar-refractivity contribution is 0.0967. The summed E-state index contributed by atoms with van der Waals surface area (Å²) in [6, 6.07) is 7.95. The molecule has 0 saturated carbocycles. The number of imide groups is 1. The molecule has 26 heavy (non-hydrogen) atoms. The lowest BCUT2D eigenvalue weighted by Gasteiger charge is -2.17. The molecule has 6 heteroatoms. The molecule has 2 rings (SSSR count). The minimum atomic E-state index is -0.618. The Balaban J connectivity index is 2.09. The zero-order valence-electron chi connectivity index (χ0n) is 15.7. The van der Waals surface area contributed by atoms with Crippen molar-refractivity contribution >= 4 is 17.8 Å². The lowest BCUT2D eigenvalue weighted by Crippen LogP contribution is -2.34. The van der Waals surface area contributed by atoms with Crippen molar-refractivity contribution in [3.8, 4) is 5.75 Å². The monoisotopic (exact) mass is 355 g/mol. The van der Waals surface area contributed by atoms with Crippen LogP contribution in [0.15, 0.2) is 30.3 Å². The van der Waals surface area contributed by atoms with Crippen LogP contribution in [-0.2, 0) is 0 Å². The Kier molecular flexibility index (Phi) is 6.72. The van der Waals surface area contributed by atoms with E-state index >= 15 is 0 Å². The second-order valence-corrected chi connectivity index (χ2v) is 6.10. The molecule has 0 fully saturated rings. The maximum absolute atomic E-state index is 12.2. The number of hydrogen-bond donors (Lipinski definition) is 2. The van der Waals surface area contributed by atoms with Gasteiger partial charge in [0, 0.05) is 5.56 Å². The number of nitrogens with zero attached hydrogens (tertiary/aromatic N) is 1. The van der Waals surface area contributed by atoms with Crippen LogP contribution < -0.4 is 15.4 Å². The van der Waals surface area contributed by atoms with Crippen molar-refractivity contribution in [1.29, 1.82) is 0 Å². The van der Waals surface area contributed by atoms with Gasteiger partial charge in [-0.05, 0) is 50.5 Å². The van der Waals surface area contributed by atoms with Crippen LogP contribution >= 0.6 is 0 Å².